The van der Waals surface area contributed by atoms with E-state index in [-0.39, 0.29) is 0 Å². The summed E-state index contributed by atoms with van der Waals surface area (Å²) in [7, 11) is 0. The summed E-state index contributed by atoms with van der Waals surface area (Å²) in [5.41, 5.74) is 1.30. The molecule has 0 amide bonds. The Balaban J connectivity index is 1.68. The molecule has 1 aliphatic heterocycles. The predicted molar refractivity (Wildman–Crippen MR) is 88.0 cm³/mol. The van der Waals surface area contributed by atoms with Gasteiger partial charge >= 0.3 is 0 Å². The summed E-state index contributed by atoms with van der Waals surface area (Å²) in [6.07, 6.45) is 6.85. The molecule has 0 spiro atoms. The third-order valence-electron chi connectivity index (χ3n) is 3.83. The van der Waals surface area contributed by atoms with Crippen LogP contribution < -0.4 is 9.64 Å². The van der Waals surface area contributed by atoms with Crippen molar-refractivity contribution >= 4 is 22.6 Å². The molecule has 106 valence electrons. The molecule has 0 atom stereocenters. The van der Waals surface area contributed by atoms with E-state index >= 15 is 0 Å². The molecule has 2 nitrogen and oxygen atoms in total. The number of rotatable bonds is 5. The van der Waals surface area contributed by atoms with Crippen LogP contribution in [0, 0.1) is 10.5 Å². The largest absolute Gasteiger partial charge is 0.492 e. The van der Waals surface area contributed by atoms with Crippen LogP contribution in [0.3, 0.4) is 0 Å². The molecule has 3 heteroatoms. The number of aryl methyl sites for hydroxylation is 1. The van der Waals surface area contributed by atoms with E-state index in [2.05, 4.69) is 47.7 Å². The molecule has 1 fully saturated rings. The van der Waals surface area contributed by atoms with E-state index in [1.165, 1.54) is 60.9 Å². The Labute approximate surface area is 130 Å². The average Bonchev–Trinajstić information content (AvgIpc) is 2.65. The molecule has 0 bridgehead atoms. The second-order valence-electron chi connectivity index (χ2n) is 5.55. The quantitative estimate of drug-likeness (QED) is 0.618. The Morgan fingerprint density at radius 2 is 1.89 bits per heavy atom. The van der Waals surface area contributed by atoms with Crippen molar-refractivity contribution in [3.8, 4) is 5.75 Å². The van der Waals surface area contributed by atoms with Gasteiger partial charge in [-0.3, -0.25) is 0 Å². The van der Waals surface area contributed by atoms with Crippen LogP contribution in [0.4, 0.5) is 0 Å². The lowest BCUT2D eigenvalue weighted by Gasteiger charge is -2.17. The van der Waals surface area contributed by atoms with Gasteiger partial charge in [0.2, 0.25) is 0 Å². The fraction of sp³-hybridized carbons (Fsp3) is 0.625. The van der Waals surface area contributed by atoms with E-state index in [0.717, 1.165) is 12.4 Å². The highest BCUT2D eigenvalue weighted by Gasteiger charge is 2.11. The SMILES string of the molecule is Cc1ccc(OCCC[NH+]2CCCCCC2)c(I)c1. The zero-order chi connectivity index (χ0) is 13.5. The molecular formula is C16H25INO+. The van der Waals surface area contributed by atoms with Gasteiger partial charge < -0.3 is 9.64 Å². The van der Waals surface area contributed by atoms with Gasteiger partial charge in [0.05, 0.1) is 29.8 Å². The Morgan fingerprint density at radius 3 is 2.58 bits per heavy atom. The van der Waals surface area contributed by atoms with Crippen molar-refractivity contribution in [3.63, 3.8) is 0 Å². The van der Waals surface area contributed by atoms with Crippen LogP contribution >= 0.6 is 22.6 Å². The van der Waals surface area contributed by atoms with Gasteiger partial charge in [-0.2, -0.15) is 0 Å². The van der Waals surface area contributed by atoms with E-state index < -0.39 is 0 Å². The number of likely N-dealkylation sites (tertiary alicyclic amines) is 1. The molecule has 0 unspecified atom stereocenters. The number of ether oxygens (including phenoxy) is 1. The first-order valence-corrected chi connectivity index (χ1v) is 8.56. The summed E-state index contributed by atoms with van der Waals surface area (Å²) >= 11 is 2.36. The maximum absolute atomic E-state index is 5.89. The number of quaternary nitrogens is 1. The standard InChI is InChI=1S/C16H24INO/c1-14-7-8-16(15(17)13-14)19-12-6-11-18-9-4-2-3-5-10-18/h7-8,13H,2-6,9-12H2,1H3/p+1. The lowest BCUT2D eigenvalue weighted by Crippen LogP contribution is -3.11. The molecular weight excluding hydrogens is 349 g/mol. The van der Waals surface area contributed by atoms with Gasteiger partial charge in [0.15, 0.2) is 0 Å². The topological polar surface area (TPSA) is 13.7 Å². The summed E-state index contributed by atoms with van der Waals surface area (Å²) in [5, 5.41) is 0. The van der Waals surface area contributed by atoms with Crippen LogP contribution in [0.2, 0.25) is 0 Å². The van der Waals surface area contributed by atoms with Crippen LogP contribution in [-0.2, 0) is 0 Å². The van der Waals surface area contributed by atoms with E-state index in [4.69, 9.17) is 4.74 Å². The monoisotopic (exact) mass is 374 g/mol. The highest BCUT2D eigenvalue weighted by molar-refractivity contribution is 14.1. The van der Waals surface area contributed by atoms with Gasteiger partial charge in [-0.1, -0.05) is 6.07 Å². The summed E-state index contributed by atoms with van der Waals surface area (Å²) < 4.78 is 7.12. The number of halogens is 1. The minimum absolute atomic E-state index is 0.850. The molecule has 2 rings (SSSR count). The molecule has 1 aromatic carbocycles. The molecule has 1 saturated heterocycles. The molecule has 0 saturated carbocycles. The van der Waals surface area contributed by atoms with E-state index in [9.17, 15) is 0 Å². The minimum Gasteiger partial charge on any atom is -0.492 e. The van der Waals surface area contributed by atoms with Crippen LogP contribution in [0.25, 0.3) is 0 Å². The van der Waals surface area contributed by atoms with Gasteiger partial charge in [-0.15, -0.1) is 0 Å². The second kappa shape index (κ2) is 8.10. The first kappa shape index (κ1) is 15.1. The van der Waals surface area contributed by atoms with Gasteiger partial charge in [-0.25, -0.2) is 0 Å². The molecule has 0 aliphatic carbocycles. The minimum atomic E-state index is 0.850. The summed E-state index contributed by atoms with van der Waals surface area (Å²) in [4.78, 5) is 1.78. The molecule has 0 radical (unpaired) electrons. The number of hydrogen-bond acceptors (Lipinski definition) is 1. The zero-order valence-corrected chi connectivity index (χ0v) is 14.0. The van der Waals surface area contributed by atoms with Crippen molar-refractivity contribution in [1.29, 1.82) is 0 Å². The third kappa shape index (κ3) is 5.30. The molecule has 1 aliphatic rings. The van der Waals surface area contributed by atoms with E-state index in [1.54, 1.807) is 4.90 Å². The fourth-order valence-electron chi connectivity index (χ4n) is 2.71. The summed E-state index contributed by atoms with van der Waals surface area (Å²) in [6, 6.07) is 6.39. The first-order valence-electron chi connectivity index (χ1n) is 7.48. The summed E-state index contributed by atoms with van der Waals surface area (Å²) in [5.74, 6) is 1.04. The smallest absolute Gasteiger partial charge is 0.132 e. The van der Waals surface area contributed by atoms with Crippen molar-refractivity contribution < 1.29 is 9.64 Å². The number of benzene rings is 1. The summed E-state index contributed by atoms with van der Waals surface area (Å²) in [6.45, 7) is 6.96. The molecule has 1 N–H and O–H groups in total. The Hall–Kier alpha value is -0.290. The molecule has 0 aromatic heterocycles. The normalized spacial score (nSPS) is 17.2. The maximum atomic E-state index is 5.89. The molecule has 1 aromatic rings. The Morgan fingerprint density at radius 1 is 1.16 bits per heavy atom. The van der Waals surface area contributed by atoms with Crippen LogP contribution in [0.15, 0.2) is 18.2 Å². The fourth-order valence-corrected chi connectivity index (χ4v) is 3.53. The molecule has 1 heterocycles. The van der Waals surface area contributed by atoms with Gasteiger partial charge in [-0.05, 0) is 72.9 Å². The van der Waals surface area contributed by atoms with E-state index in [1.807, 2.05) is 0 Å². The van der Waals surface area contributed by atoms with Crippen molar-refractivity contribution in [3.05, 3.63) is 27.3 Å². The highest BCUT2D eigenvalue weighted by Crippen LogP contribution is 2.21. The van der Waals surface area contributed by atoms with Crippen molar-refractivity contribution in [2.75, 3.05) is 26.2 Å². The maximum Gasteiger partial charge on any atom is 0.132 e. The van der Waals surface area contributed by atoms with Crippen LogP contribution in [0.5, 0.6) is 5.75 Å². The van der Waals surface area contributed by atoms with Crippen molar-refractivity contribution in [2.24, 2.45) is 0 Å². The van der Waals surface area contributed by atoms with Gasteiger partial charge in [0.1, 0.15) is 5.75 Å². The van der Waals surface area contributed by atoms with Gasteiger partial charge in [0, 0.05) is 6.42 Å². The number of hydrogen-bond donors (Lipinski definition) is 1. The Bertz CT molecular complexity index is 386. The molecule has 19 heavy (non-hydrogen) atoms. The number of nitrogens with one attached hydrogen (secondary N) is 1. The average molecular weight is 374 g/mol. The van der Waals surface area contributed by atoms with Crippen molar-refractivity contribution in [1.82, 2.24) is 0 Å². The van der Waals surface area contributed by atoms with Crippen LogP contribution in [0.1, 0.15) is 37.7 Å². The van der Waals surface area contributed by atoms with E-state index in [0.29, 0.717) is 0 Å². The highest BCUT2D eigenvalue weighted by atomic mass is 127. The predicted octanol–water partition coefficient (Wildman–Crippen LogP) is 2.83. The van der Waals surface area contributed by atoms with Crippen molar-refractivity contribution in [2.45, 2.75) is 39.0 Å². The van der Waals surface area contributed by atoms with Gasteiger partial charge in [0.25, 0.3) is 0 Å². The zero-order valence-electron chi connectivity index (χ0n) is 11.9. The third-order valence-corrected chi connectivity index (χ3v) is 4.67. The Kier molecular flexibility index (Phi) is 6.44. The lowest BCUT2D eigenvalue weighted by atomic mass is 10.2. The first-order chi connectivity index (χ1) is 9.25. The van der Waals surface area contributed by atoms with Crippen LogP contribution in [-0.4, -0.2) is 26.2 Å². The second-order valence-corrected chi connectivity index (χ2v) is 6.71. The lowest BCUT2D eigenvalue weighted by molar-refractivity contribution is -0.899.